The molecule has 0 aromatic carbocycles. The van der Waals surface area contributed by atoms with Crippen molar-refractivity contribution in [2.75, 3.05) is 6.54 Å². The Kier molecular flexibility index (Phi) is 1.42. The molecule has 0 unspecified atom stereocenters. The highest BCUT2D eigenvalue weighted by Gasteiger charge is 2.04. The van der Waals surface area contributed by atoms with Crippen molar-refractivity contribution in [1.82, 2.24) is 0 Å². The Hall–Kier alpha value is -0.660. The maximum atomic E-state index is 3.82. The van der Waals surface area contributed by atoms with Crippen molar-refractivity contribution in [2.45, 2.75) is 13.8 Å². The molecule has 44 valence electrons. The van der Waals surface area contributed by atoms with Crippen LogP contribution in [0.2, 0.25) is 0 Å². The van der Waals surface area contributed by atoms with Crippen LogP contribution in [0.1, 0.15) is 13.8 Å². The third kappa shape index (κ3) is 0.941. The van der Waals surface area contributed by atoms with Crippen LogP contribution in [0.4, 0.5) is 0 Å². The summed E-state index contributed by atoms with van der Waals surface area (Å²) in [6, 6.07) is 0. The molecule has 0 radical (unpaired) electrons. The summed E-state index contributed by atoms with van der Waals surface area (Å²) in [4.78, 5) is 0. The Morgan fingerprint density at radius 1 is 1.62 bits per heavy atom. The molecule has 0 saturated heterocycles. The lowest BCUT2D eigenvalue weighted by Gasteiger charge is -1.99. The zero-order chi connectivity index (χ0) is 5.98. The average molecular weight is 110 g/mol. The molecule has 8 heavy (non-hydrogen) atoms. The number of nitrogens with zero attached hydrogens (tertiary/aromatic N) is 2. The predicted molar refractivity (Wildman–Crippen MR) is 32.6 cm³/mol. The van der Waals surface area contributed by atoms with Crippen LogP contribution in [0.15, 0.2) is 22.0 Å². The summed E-state index contributed by atoms with van der Waals surface area (Å²) in [7, 11) is 0. The Morgan fingerprint density at radius 2 is 2.38 bits per heavy atom. The number of hydrogen-bond acceptors (Lipinski definition) is 2. The van der Waals surface area contributed by atoms with Gasteiger partial charge in [-0.15, -0.1) is 0 Å². The number of hydrogen-bond donors (Lipinski definition) is 0. The Morgan fingerprint density at radius 3 is 2.62 bits per heavy atom. The van der Waals surface area contributed by atoms with Gasteiger partial charge in [-0.05, 0) is 11.5 Å². The van der Waals surface area contributed by atoms with E-state index in [1.165, 1.54) is 5.57 Å². The van der Waals surface area contributed by atoms with Gasteiger partial charge in [0.25, 0.3) is 0 Å². The fourth-order valence-electron chi connectivity index (χ4n) is 0.610. The summed E-state index contributed by atoms with van der Waals surface area (Å²) in [6.45, 7) is 5.13. The molecule has 2 nitrogen and oxygen atoms in total. The van der Waals surface area contributed by atoms with E-state index < -0.39 is 0 Å². The van der Waals surface area contributed by atoms with Gasteiger partial charge in [-0.25, -0.2) is 0 Å². The second kappa shape index (κ2) is 2.07. The van der Waals surface area contributed by atoms with Gasteiger partial charge >= 0.3 is 0 Å². The monoisotopic (exact) mass is 110 g/mol. The van der Waals surface area contributed by atoms with Crippen molar-refractivity contribution >= 4 is 0 Å². The summed E-state index contributed by atoms with van der Waals surface area (Å²) in [6.07, 6.45) is 1.85. The van der Waals surface area contributed by atoms with Crippen molar-refractivity contribution in [2.24, 2.45) is 16.1 Å². The third-order valence-electron chi connectivity index (χ3n) is 1.30. The second-order valence-electron chi connectivity index (χ2n) is 2.27. The van der Waals surface area contributed by atoms with E-state index in [-0.39, 0.29) is 0 Å². The Bertz CT molecular complexity index is 133. The van der Waals surface area contributed by atoms with Gasteiger partial charge < -0.3 is 0 Å². The molecule has 0 aromatic rings. The number of azo groups is 1. The molecule has 0 fully saturated rings. The van der Waals surface area contributed by atoms with Crippen molar-refractivity contribution in [1.29, 1.82) is 0 Å². The SMILES string of the molecule is CC(C)C1=CN=NC1. The second-order valence-corrected chi connectivity index (χ2v) is 2.27. The largest absolute Gasteiger partial charge is 0.185 e. The van der Waals surface area contributed by atoms with Crippen molar-refractivity contribution < 1.29 is 0 Å². The van der Waals surface area contributed by atoms with E-state index in [1.807, 2.05) is 6.20 Å². The van der Waals surface area contributed by atoms with Crippen LogP contribution in [0.5, 0.6) is 0 Å². The highest BCUT2D eigenvalue weighted by atomic mass is 15.1. The molecule has 0 bridgehead atoms. The minimum Gasteiger partial charge on any atom is -0.185 e. The summed E-state index contributed by atoms with van der Waals surface area (Å²) < 4.78 is 0. The first-order chi connectivity index (χ1) is 3.80. The van der Waals surface area contributed by atoms with Gasteiger partial charge in [0.05, 0.1) is 12.7 Å². The van der Waals surface area contributed by atoms with Crippen molar-refractivity contribution in [3.8, 4) is 0 Å². The van der Waals surface area contributed by atoms with Crippen LogP contribution in [0.25, 0.3) is 0 Å². The van der Waals surface area contributed by atoms with Crippen LogP contribution in [0, 0.1) is 5.92 Å². The van der Waals surface area contributed by atoms with Crippen molar-refractivity contribution in [3.63, 3.8) is 0 Å². The fraction of sp³-hybridized carbons (Fsp3) is 0.667. The van der Waals surface area contributed by atoms with Crippen LogP contribution in [-0.2, 0) is 0 Å². The van der Waals surface area contributed by atoms with Gasteiger partial charge in [-0.1, -0.05) is 13.8 Å². The Balaban J connectivity index is 2.51. The molecule has 0 aliphatic carbocycles. The molecule has 2 heteroatoms. The van der Waals surface area contributed by atoms with Crippen molar-refractivity contribution in [3.05, 3.63) is 11.8 Å². The van der Waals surface area contributed by atoms with Gasteiger partial charge in [0, 0.05) is 0 Å². The lowest BCUT2D eigenvalue weighted by Crippen LogP contribution is -1.93. The minimum atomic E-state index is 0.616. The van der Waals surface area contributed by atoms with E-state index in [4.69, 9.17) is 0 Å². The molecule has 0 saturated carbocycles. The van der Waals surface area contributed by atoms with Gasteiger partial charge in [0.15, 0.2) is 0 Å². The lowest BCUT2D eigenvalue weighted by atomic mass is 10.1. The van der Waals surface area contributed by atoms with E-state index >= 15 is 0 Å². The molecular weight excluding hydrogens is 100 g/mol. The van der Waals surface area contributed by atoms with Crippen LogP contribution in [-0.4, -0.2) is 6.54 Å². The molecule has 0 aromatic heterocycles. The average Bonchev–Trinajstić information content (AvgIpc) is 2.12. The minimum absolute atomic E-state index is 0.616. The first-order valence-electron chi connectivity index (χ1n) is 2.86. The van der Waals surface area contributed by atoms with Crippen LogP contribution >= 0.6 is 0 Å². The van der Waals surface area contributed by atoms with Gasteiger partial charge in [-0.3, -0.25) is 0 Å². The lowest BCUT2D eigenvalue weighted by molar-refractivity contribution is 0.754. The maximum absolute atomic E-state index is 3.82. The summed E-state index contributed by atoms with van der Waals surface area (Å²) in [5.74, 6) is 0.616. The quantitative estimate of drug-likeness (QED) is 0.493. The first-order valence-corrected chi connectivity index (χ1v) is 2.86. The Labute approximate surface area is 49.3 Å². The van der Waals surface area contributed by atoms with Gasteiger partial charge in [0.1, 0.15) is 0 Å². The molecular formula is C6H10N2. The van der Waals surface area contributed by atoms with E-state index in [1.54, 1.807) is 0 Å². The summed E-state index contributed by atoms with van der Waals surface area (Å²) >= 11 is 0. The topological polar surface area (TPSA) is 24.7 Å². The first kappa shape index (κ1) is 5.48. The molecule has 1 aliphatic heterocycles. The predicted octanol–water partition coefficient (Wildman–Crippen LogP) is 1.99. The van der Waals surface area contributed by atoms with E-state index in [9.17, 15) is 0 Å². The van der Waals surface area contributed by atoms with Crippen LogP contribution < -0.4 is 0 Å². The standard InChI is InChI=1S/C6H10N2/c1-5(2)6-3-7-8-4-6/h3,5H,4H2,1-2H3. The normalized spacial score (nSPS) is 17.6. The molecule has 0 spiro atoms. The molecule has 0 amide bonds. The highest BCUT2D eigenvalue weighted by Crippen LogP contribution is 2.13. The van der Waals surface area contributed by atoms with Gasteiger partial charge in [0.2, 0.25) is 0 Å². The molecule has 1 heterocycles. The fourth-order valence-corrected chi connectivity index (χ4v) is 0.610. The van der Waals surface area contributed by atoms with E-state index in [0.29, 0.717) is 5.92 Å². The summed E-state index contributed by atoms with van der Waals surface area (Å²) in [5.41, 5.74) is 1.34. The summed E-state index contributed by atoms with van der Waals surface area (Å²) in [5, 5.41) is 7.57. The molecule has 0 atom stereocenters. The number of rotatable bonds is 1. The van der Waals surface area contributed by atoms with Crippen LogP contribution in [0.3, 0.4) is 0 Å². The van der Waals surface area contributed by atoms with E-state index in [0.717, 1.165) is 6.54 Å². The molecule has 0 N–H and O–H groups in total. The maximum Gasteiger partial charge on any atom is 0.0834 e. The zero-order valence-electron chi connectivity index (χ0n) is 5.26. The van der Waals surface area contributed by atoms with Gasteiger partial charge in [-0.2, -0.15) is 10.2 Å². The third-order valence-corrected chi connectivity index (χ3v) is 1.30. The van der Waals surface area contributed by atoms with E-state index in [2.05, 4.69) is 24.1 Å². The smallest absolute Gasteiger partial charge is 0.0834 e. The molecule has 1 aliphatic rings. The highest BCUT2D eigenvalue weighted by molar-refractivity contribution is 5.08. The molecule has 1 rings (SSSR count). The zero-order valence-corrected chi connectivity index (χ0v) is 5.26.